The molecule has 0 heterocycles. The van der Waals surface area contributed by atoms with Gasteiger partial charge in [0, 0.05) is 17.6 Å². The lowest BCUT2D eigenvalue weighted by Gasteiger charge is -2.33. The van der Waals surface area contributed by atoms with Crippen LogP contribution in [0.15, 0.2) is 83.8 Å². The maximum absolute atomic E-state index is 14.1. The molecule has 1 atom stereocenters. The summed E-state index contributed by atoms with van der Waals surface area (Å²) in [6.45, 7) is 1.19. The maximum atomic E-state index is 14.1. The molecule has 1 aliphatic carbocycles. The Balaban J connectivity index is 1.67. The maximum Gasteiger partial charge on any atom is 0.264 e. The summed E-state index contributed by atoms with van der Waals surface area (Å²) < 4.78 is 34.0. The van der Waals surface area contributed by atoms with E-state index in [-0.39, 0.29) is 23.4 Å². The molecule has 2 amide bonds. The van der Waals surface area contributed by atoms with Gasteiger partial charge >= 0.3 is 0 Å². The molecule has 8 nitrogen and oxygen atoms in total. The van der Waals surface area contributed by atoms with Crippen LogP contribution < -0.4 is 14.4 Å². The summed E-state index contributed by atoms with van der Waals surface area (Å²) in [5.41, 5.74) is 0.946. The molecule has 1 N–H and O–H groups in total. The van der Waals surface area contributed by atoms with Gasteiger partial charge in [-0.05, 0) is 67.8 Å². The highest BCUT2D eigenvalue weighted by atomic mass is 35.5. The Hall–Kier alpha value is -3.56. The third kappa shape index (κ3) is 7.59. The quantitative estimate of drug-likeness (QED) is 0.319. The van der Waals surface area contributed by atoms with E-state index >= 15 is 0 Å². The van der Waals surface area contributed by atoms with Crippen LogP contribution in [-0.2, 0) is 26.2 Å². The van der Waals surface area contributed by atoms with E-state index in [2.05, 4.69) is 5.32 Å². The van der Waals surface area contributed by atoms with Crippen LogP contribution >= 0.6 is 11.6 Å². The molecule has 10 heteroatoms. The number of halogens is 1. The van der Waals surface area contributed by atoms with Crippen LogP contribution in [0.5, 0.6) is 5.75 Å². The number of methoxy groups -OCH3 is 1. The Morgan fingerprint density at radius 2 is 1.59 bits per heavy atom. The average Bonchev–Trinajstić information content (AvgIpc) is 3.00. The number of ether oxygens (including phenoxy) is 1. The normalized spacial score (nSPS) is 14.6. The highest BCUT2D eigenvalue weighted by Crippen LogP contribution is 2.27. The molecule has 1 saturated carbocycles. The number of nitrogens with one attached hydrogen (secondary N) is 1. The molecule has 218 valence electrons. The van der Waals surface area contributed by atoms with Crippen molar-refractivity contribution in [3.05, 3.63) is 89.4 Å². The van der Waals surface area contributed by atoms with Crippen LogP contribution in [0.25, 0.3) is 0 Å². The number of rotatable bonds is 11. The first-order valence-electron chi connectivity index (χ1n) is 13.8. The second-order valence-corrected chi connectivity index (χ2v) is 12.4. The molecular weight excluding hydrogens is 562 g/mol. The minimum atomic E-state index is -4.13. The number of carbonyl (C=O) groups is 2. The summed E-state index contributed by atoms with van der Waals surface area (Å²) in [7, 11) is -2.62. The second kappa shape index (κ2) is 13.9. The molecule has 0 spiro atoms. The van der Waals surface area contributed by atoms with Crippen LogP contribution in [0.1, 0.15) is 44.6 Å². The zero-order valence-corrected chi connectivity index (χ0v) is 24.9. The Morgan fingerprint density at radius 1 is 0.951 bits per heavy atom. The van der Waals surface area contributed by atoms with Crippen molar-refractivity contribution >= 4 is 39.1 Å². The number of hydrogen-bond donors (Lipinski definition) is 1. The molecular formula is C31H36ClN3O5S. The molecule has 3 aromatic rings. The van der Waals surface area contributed by atoms with E-state index in [1.807, 2.05) is 0 Å². The molecule has 0 saturated heterocycles. The van der Waals surface area contributed by atoms with Gasteiger partial charge in [-0.1, -0.05) is 67.3 Å². The standard InChI is InChI=1S/C31H36ClN3O5S/c1-23(31(37)33-25-12-5-3-6-13-25)34(21-24-11-9-10-16-29(24)32)30(36)22-35(26-17-19-27(40-2)20-18-26)41(38,39)28-14-7-4-8-15-28/h4,7-11,14-20,23,25H,3,5-6,12-13,21-22H2,1-2H3,(H,33,37)/t23-/m0/s1. The van der Waals surface area contributed by atoms with Crippen LogP contribution in [0.2, 0.25) is 5.02 Å². The Bertz CT molecular complexity index is 1430. The smallest absolute Gasteiger partial charge is 0.264 e. The number of anilines is 1. The lowest BCUT2D eigenvalue weighted by atomic mass is 9.95. The first-order valence-corrected chi connectivity index (χ1v) is 15.6. The molecule has 0 bridgehead atoms. The van der Waals surface area contributed by atoms with E-state index in [0.717, 1.165) is 36.4 Å². The minimum Gasteiger partial charge on any atom is -0.497 e. The molecule has 4 rings (SSSR count). The lowest BCUT2D eigenvalue weighted by molar-refractivity contribution is -0.139. The van der Waals surface area contributed by atoms with Crippen LogP contribution in [0.3, 0.4) is 0 Å². The third-order valence-corrected chi connectivity index (χ3v) is 9.54. The number of benzene rings is 3. The van der Waals surface area contributed by atoms with Gasteiger partial charge in [-0.3, -0.25) is 13.9 Å². The SMILES string of the molecule is COc1ccc(N(CC(=O)N(Cc2ccccc2Cl)[C@@H](C)C(=O)NC2CCCCC2)S(=O)(=O)c2ccccc2)cc1. The van der Waals surface area contributed by atoms with E-state index in [0.29, 0.717) is 22.0 Å². The van der Waals surface area contributed by atoms with E-state index in [9.17, 15) is 18.0 Å². The van der Waals surface area contributed by atoms with Crippen molar-refractivity contribution in [3.63, 3.8) is 0 Å². The van der Waals surface area contributed by atoms with Gasteiger partial charge in [0.15, 0.2) is 0 Å². The molecule has 0 aromatic heterocycles. The zero-order valence-electron chi connectivity index (χ0n) is 23.3. The fourth-order valence-corrected chi connectivity index (χ4v) is 6.59. The Morgan fingerprint density at radius 3 is 2.22 bits per heavy atom. The van der Waals surface area contributed by atoms with E-state index in [4.69, 9.17) is 16.3 Å². The van der Waals surface area contributed by atoms with Gasteiger partial charge in [0.25, 0.3) is 10.0 Å². The van der Waals surface area contributed by atoms with Crippen LogP contribution in [0.4, 0.5) is 5.69 Å². The molecule has 41 heavy (non-hydrogen) atoms. The number of amides is 2. The van der Waals surface area contributed by atoms with Crippen molar-refractivity contribution in [1.29, 1.82) is 0 Å². The first kappa shape index (κ1) is 30.4. The molecule has 0 aliphatic heterocycles. The van der Waals surface area contributed by atoms with Crippen molar-refractivity contribution < 1.29 is 22.7 Å². The third-order valence-electron chi connectivity index (χ3n) is 7.39. The largest absolute Gasteiger partial charge is 0.497 e. The summed E-state index contributed by atoms with van der Waals surface area (Å²) in [6.07, 6.45) is 5.05. The Kier molecular flexibility index (Phi) is 10.3. The second-order valence-electron chi connectivity index (χ2n) is 10.2. The Labute approximate surface area is 247 Å². The van der Waals surface area contributed by atoms with Gasteiger partial charge < -0.3 is 15.0 Å². The van der Waals surface area contributed by atoms with E-state index in [1.165, 1.54) is 24.1 Å². The minimum absolute atomic E-state index is 0.0413. The van der Waals surface area contributed by atoms with Gasteiger partial charge in [0.1, 0.15) is 18.3 Å². The topological polar surface area (TPSA) is 96.0 Å². The van der Waals surface area contributed by atoms with E-state index < -0.39 is 28.5 Å². The van der Waals surface area contributed by atoms with Crippen molar-refractivity contribution in [2.45, 2.75) is 62.6 Å². The molecule has 1 fully saturated rings. The molecule has 3 aromatic carbocycles. The molecule has 1 aliphatic rings. The molecule has 0 unspecified atom stereocenters. The monoisotopic (exact) mass is 597 g/mol. The fraction of sp³-hybridized carbons (Fsp3) is 0.355. The fourth-order valence-electron chi connectivity index (χ4n) is 4.96. The van der Waals surface area contributed by atoms with Gasteiger partial charge in [-0.15, -0.1) is 0 Å². The summed E-state index contributed by atoms with van der Waals surface area (Å²) in [6, 6.07) is 20.7. The number of sulfonamides is 1. The number of nitrogens with zero attached hydrogens (tertiary/aromatic N) is 2. The summed E-state index contributed by atoms with van der Waals surface area (Å²) in [5, 5.41) is 3.55. The average molecular weight is 598 g/mol. The van der Waals surface area contributed by atoms with Gasteiger partial charge in [0.05, 0.1) is 17.7 Å². The van der Waals surface area contributed by atoms with Crippen molar-refractivity contribution in [2.75, 3.05) is 18.0 Å². The highest BCUT2D eigenvalue weighted by Gasteiger charge is 2.33. The van der Waals surface area contributed by atoms with Crippen LogP contribution in [0, 0.1) is 0 Å². The number of hydrogen-bond acceptors (Lipinski definition) is 5. The highest BCUT2D eigenvalue weighted by molar-refractivity contribution is 7.92. The lowest BCUT2D eigenvalue weighted by Crippen LogP contribution is -2.53. The van der Waals surface area contributed by atoms with Crippen LogP contribution in [-0.4, -0.2) is 50.9 Å². The number of carbonyl (C=O) groups excluding carboxylic acids is 2. The van der Waals surface area contributed by atoms with Gasteiger partial charge in [-0.25, -0.2) is 8.42 Å². The predicted octanol–water partition coefficient (Wildman–Crippen LogP) is 5.41. The zero-order chi connectivity index (χ0) is 29.4. The summed E-state index contributed by atoms with van der Waals surface area (Å²) in [4.78, 5) is 28.9. The predicted molar refractivity (Wildman–Crippen MR) is 160 cm³/mol. The van der Waals surface area contributed by atoms with Crippen molar-refractivity contribution in [2.24, 2.45) is 0 Å². The van der Waals surface area contributed by atoms with E-state index in [1.54, 1.807) is 73.7 Å². The first-order chi connectivity index (χ1) is 19.7. The molecule has 0 radical (unpaired) electrons. The summed E-state index contributed by atoms with van der Waals surface area (Å²) >= 11 is 6.44. The summed E-state index contributed by atoms with van der Waals surface area (Å²) in [5.74, 6) is -0.267. The van der Waals surface area contributed by atoms with Crippen molar-refractivity contribution in [3.8, 4) is 5.75 Å². The van der Waals surface area contributed by atoms with Gasteiger partial charge in [-0.2, -0.15) is 0 Å². The van der Waals surface area contributed by atoms with Crippen molar-refractivity contribution in [1.82, 2.24) is 10.2 Å². The van der Waals surface area contributed by atoms with Gasteiger partial charge in [0.2, 0.25) is 11.8 Å².